The van der Waals surface area contributed by atoms with Gasteiger partial charge < -0.3 is 15.5 Å². The van der Waals surface area contributed by atoms with Gasteiger partial charge in [-0.1, -0.05) is 13.8 Å². The second-order valence-corrected chi connectivity index (χ2v) is 4.19. The van der Waals surface area contributed by atoms with E-state index in [9.17, 15) is 9.59 Å². The molecule has 0 saturated heterocycles. The van der Waals surface area contributed by atoms with E-state index in [1.54, 1.807) is 19.0 Å². The molecule has 0 saturated carbocycles. The molecule has 2 atom stereocenters. The van der Waals surface area contributed by atoms with Crippen molar-refractivity contribution in [3.63, 3.8) is 0 Å². The van der Waals surface area contributed by atoms with E-state index >= 15 is 0 Å². The molecule has 6 heteroatoms. The first-order chi connectivity index (χ1) is 7.43. The number of nitrogens with one attached hydrogen (secondary N) is 2. The van der Waals surface area contributed by atoms with Crippen LogP contribution in [0.1, 0.15) is 13.8 Å². The molecule has 0 bridgehead atoms. The average molecular weight is 266 g/mol. The highest BCUT2D eigenvalue weighted by molar-refractivity contribution is 5.85. The third-order valence-electron chi connectivity index (χ3n) is 2.55. The van der Waals surface area contributed by atoms with Crippen molar-refractivity contribution in [3.8, 4) is 0 Å². The van der Waals surface area contributed by atoms with Crippen molar-refractivity contribution in [3.05, 3.63) is 0 Å². The Labute approximate surface area is 110 Å². The number of nitrogens with zero attached hydrogens (tertiary/aromatic N) is 1. The standard InChI is InChI=1S/C11H23N3O2.ClH/c1-8(6-12-3)11(16)14(5)7-9(2)10(15)13-4;/h8-9,12H,6-7H2,1-5H3,(H,13,15);1H. The lowest BCUT2D eigenvalue weighted by atomic mass is 10.1. The molecule has 102 valence electrons. The fourth-order valence-electron chi connectivity index (χ4n) is 1.60. The highest BCUT2D eigenvalue weighted by atomic mass is 35.5. The molecule has 0 spiro atoms. The van der Waals surface area contributed by atoms with E-state index in [0.29, 0.717) is 13.1 Å². The number of carbonyl (C=O) groups excluding carboxylic acids is 2. The van der Waals surface area contributed by atoms with Crippen LogP contribution in [-0.4, -0.2) is 50.9 Å². The van der Waals surface area contributed by atoms with E-state index in [2.05, 4.69) is 10.6 Å². The summed E-state index contributed by atoms with van der Waals surface area (Å²) < 4.78 is 0. The number of hydrogen-bond acceptors (Lipinski definition) is 3. The van der Waals surface area contributed by atoms with Crippen molar-refractivity contribution in [1.29, 1.82) is 0 Å². The maximum absolute atomic E-state index is 11.8. The van der Waals surface area contributed by atoms with Crippen LogP contribution in [0, 0.1) is 11.8 Å². The van der Waals surface area contributed by atoms with Crippen LogP contribution in [0.25, 0.3) is 0 Å². The molecule has 2 N–H and O–H groups in total. The van der Waals surface area contributed by atoms with Gasteiger partial charge in [-0.2, -0.15) is 0 Å². The summed E-state index contributed by atoms with van der Waals surface area (Å²) in [4.78, 5) is 24.8. The molecule has 0 aromatic rings. The van der Waals surface area contributed by atoms with Crippen LogP contribution in [0.15, 0.2) is 0 Å². The Morgan fingerprint density at radius 1 is 1.18 bits per heavy atom. The summed E-state index contributed by atoms with van der Waals surface area (Å²) in [5.41, 5.74) is 0. The largest absolute Gasteiger partial charge is 0.359 e. The summed E-state index contributed by atoms with van der Waals surface area (Å²) in [6.07, 6.45) is 0. The van der Waals surface area contributed by atoms with Gasteiger partial charge in [0.25, 0.3) is 0 Å². The zero-order valence-corrected chi connectivity index (χ0v) is 12.1. The Bertz CT molecular complexity index is 249. The normalized spacial score (nSPS) is 13.2. The van der Waals surface area contributed by atoms with Gasteiger partial charge in [0.1, 0.15) is 0 Å². The molecular weight excluding hydrogens is 242 g/mol. The smallest absolute Gasteiger partial charge is 0.226 e. The van der Waals surface area contributed by atoms with Gasteiger partial charge in [0.05, 0.1) is 5.92 Å². The van der Waals surface area contributed by atoms with E-state index in [1.807, 2.05) is 20.9 Å². The topological polar surface area (TPSA) is 61.4 Å². The van der Waals surface area contributed by atoms with E-state index < -0.39 is 0 Å². The fourth-order valence-corrected chi connectivity index (χ4v) is 1.60. The van der Waals surface area contributed by atoms with Gasteiger partial charge in [0, 0.05) is 33.1 Å². The summed E-state index contributed by atoms with van der Waals surface area (Å²) in [5, 5.41) is 5.54. The molecule has 0 aromatic heterocycles. The zero-order chi connectivity index (χ0) is 12.7. The Morgan fingerprint density at radius 2 is 1.71 bits per heavy atom. The van der Waals surface area contributed by atoms with Gasteiger partial charge in [0.2, 0.25) is 11.8 Å². The average Bonchev–Trinajstić information content (AvgIpc) is 2.26. The maximum atomic E-state index is 11.8. The van der Waals surface area contributed by atoms with Crippen molar-refractivity contribution in [2.45, 2.75) is 13.8 Å². The third-order valence-corrected chi connectivity index (χ3v) is 2.55. The predicted molar refractivity (Wildman–Crippen MR) is 71.2 cm³/mol. The number of amides is 2. The van der Waals surface area contributed by atoms with Crippen molar-refractivity contribution in [2.24, 2.45) is 11.8 Å². The molecule has 0 aliphatic carbocycles. The summed E-state index contributed by atoms with van der Waals surface area (Å²) in [7, 11) is 5.15. The van der Waals surface area contributed by atoms with Crippen LogP contribution in [0.5, 0.6) is 0 Å². The molecule has 0 heterocycles. The van der Waals surface area contributed by atoms with Gasteiger partial charge in [-0.05, 0) is 7.05 Å². The molecule has 0 aromatic carbocycles. The first kappa shape index (κ1) is 18.6. The Morgan fingerprint density at radius 3 is 2.12 bits per heavy atom. The Balaban J connectivity index is 0. The van der Waals surface area contributed by atoms with Crippen LogP contribution in [0.3, 0.4) is 0 Å². The second kappa shape index (κ2) is 9.24. The fraction of sp³-hybridized carbons (Fsp3) is 0.818. The Kier molecular flexibility index (Phi) is 10.1. The minimum atomic E-state index is -0.180. The SMILES string of the molecule is CNCC(C)C(=O)N(C)CC(C)C(=O)NC.Cl. The number of carbonyl (C=O) groups is 2. The Hall–Kier alpha value is -0.810. The molecule has 5 nitrogen and oxygen atoms in total. The van der Waals surface area contributed by atoms with Crippen molar-refractivity contribution in [1.82, 2.24) is 15.5 Å². The minimum absolute atomic E-state index is 0. The van der Waals surface area contributed by atoms with Crippen LogP contribution < -0.4 is 10.6 Å². The van der Waals surface area contributed by atoms with Gasteiger partial charge >= 0.3 is 0 Å². The van der Waals surface area contributed by atoms with Crippen molar-refractivity contribution >= 4 is 24.2 Å². The van der Waals surface area contributed by atoms with E-state index in [1.165, 1.54) is 0 Å². The summed E-state index contributed by atoms with van der Waals surface area (Å²) in [6.45, 7) is 4.79. The molecular formula is C11H24ClN3O2. The van der Waals surface area contributed by atoms with Gasteiger partial charge in [-0.15, -0.1) is 12.4 Å². The highest BCUT2D eigenvalue weighted by Crippen LogP contribution is 2.04. The van der Waals surface area contributed by atoms with E-state index in [0.717, 1.165) is 0 Å². The monoisotopic (exact) mass is 265 g/mol. The molecule has 2 unspecified atom stereocenters. The van der Waals surface area contributed by atoms with Crippen LogP contribution in [-0.2, 0) is 9.59 Å². The highest BCUT2D eigenvalue weighted by Gasteiger charge is 2.20. The van der Waals surface area contributed by atoms with E-state index in [-0.39, 0.29) is 36.1 Å². The maximum Gasteiger partial charge on any atom is 0.226 e. The quantitative estimate of drug-likeness (QED) is 0.716. The lowest BCUT2D eigenvalue weighted by Gasteiger charge is -2.23. The lowest BCUT2D eigenvalue weighted by molar-refractivity contribution is -0.135. The number of hydrogen-bond donors (Lipinski definition) is 2. The summed E-state index contributed by atoms with van der Waals surface area (Å²) >= 11 is 0. The minimum Gasteiger partial charge on any atom is -0.359 e. The number of rotatable bonds is 6. The molecule has 0 aliphatic rings. The van der Waals surface area contributed by atoms with E-state index in [4.69, 9.17) is 0 Å². The van der Waals surface area contributed by atoms with Gasteiger partial charge in [-0.25, -0.2) is 0 Å². The molecule has 2 amide bonds. The summed E-state index contributed by atoms with van der Waals surface area (Å²) in [6, 6.07) is 0. The second-order valence-electron chi connectivity index (χ2n) is 4.19. The molecule has 0 rings (SSSR count). The first-order valence-electron chi connectivity index (χ1n) is 5.55. The molecule has 0 aliphatic heterocycles. The first-order valence-corrected chi connectivity index (χ1v) is 5.55. The third kappa shape index (κ3) is 6.48. The van der Waals surface area contributed by atoms with Crippen LogP contribution >= 0.6 is 12.4 Å². The number of halogens is 1. The van der Waals surface area contributed by atoms with Gasteiger partial charge in [0.15, 0.2) is 0 Å². The molecule has 17 heavy (non-hydrogen) atoms. The molecule has 0 fully saturated rings. The lowest BCUT2D eigenvalue weighted by Crippen LogP contribution is -2.41. The summed E-state index contributed by atoms with van der Waals surface area (Å²) in [5.74, 6) is -0.223. The van der Waals surface area contributed by atoms with Gasteiger partial charge in [-0.3, -0.25) is 9.59 Å². The van der Waals surface area contributed by atoms with Crippen molar-refractivity contribution in [2.75, 3.05) is 34.2 Å². The van der Waals surface area contributed by atoms with Crippen LogP contribution in [0.4, 0.5) is 0 Å². The van der Waals surface area contributed by atoms with Crippen molar-refractivity contribution < 1.29 is 9.59 Å². The predicted octanol–water partition coefficient (Wildman–Crippen LogP) is 0.104. The zero-order valence-electron chi connectivity index (χ0n) is 11.2. The molecule has 0 radical (unpaired) electrons. The van der Waals surface area contributed by atoms with Crippen LogP contribution in [0.2, 0.25) is 0 Å².